The lowest BCUT2D eigenvalue weighted by molar-refractivity contribution is -0.138. The van der Waals surface area contributed by atoms with E-state index in [2.05, 4.69) is 10.3 Å². The summed E-state index contributed by atoms with van der Waals surface area (Å²) in [6, 6.07) is -0.901. The van der Waals surface area contributed by atoms with Crippen molar-refractivity contribution in [3.05, 3.63) is 11.9 Å². The van der Waals surface area contributed by atoms with E-state index in [1.807, 2.05) is 6.92 Å². The van der Waals surface area contributed by atoms with Gasteiger partial charge in [0.05, 0.1) is 5.69 Å². The molecule has 0 aromatic carbocycles. The van der Waals surface area contributed by atoms with Crippen LogP contribution in [0.25, 0.3) is 0 Å². The van der Waals surface area contributed by atoms with Crippen molar-refractivity contribution in [1.29, 1.82) is 0 Å². The third-order valence-electron chi connectivity index (χ3n) is 1.79. The summed E-state index contributed by atoms with van der Waals surface area (Å²) in [6.45, 7) is 2.82. The maximum absolute atomic E-state index is 10.5. The van der Waals surface area contributed by atoms with E-state index in [0.717, 1.165) is 13.0 Å². The molecule has 14 heavy (non-hydrogen) atoms. The average molecular weight is 198 g/mol. The van der Waals surface area contributed by atoms with E-state index in [0.29, 0.717) is 5.69 Å². The van der Waals surface area contributed by atoms with Crippen LogP contribution < -0.4 is 5.73 Å². The molecule has 0 bridgehead atoms. The third-order valence-corrected chi connectivity index (χ3v) is 1.79. The largest absolute Gasteiger partial charge is 0.480 e. The Balaban J connectivity index is 2.55. The number of hydrogen-bond acceptors (Lipinski definition) is 4. The van der Waals surface area contributed by atoms with E-state index >= 15 is 0 Å². The third kappa shape index (κ3) is 2.81. The van der Waals surface area contributed by atoms with E-state index in [4.69, 9.17) is 10.8 Å². The standard InChI is InChI=1S/C8H14N4O2/c1-2-3-12-5-6(10-11-12)4-7(9)8(13)14/h5,7H,2-4,9H2,1H3,(H,13,14). The molecule has 0 spiro atoms. The van der Waals surface area contributed by atoms with Crippen LogP contribution in [0.2, 0.25) is 0 Å². The Morgan fingerprint density at radius 3 is 3.07 bits per heavy atom. The summed E-state index contributed by atoms with van der Waals surface area (Å²) < 4.78 is 1.68. The second-order valence-corrected chi connectivity index (χ2v) is 3.12. The molecule has 1 unspecified atom stereocenters. The van der Waals surface area contributed by atoms with E-state index in [1.165, 1.54) is 0 Å². The molecule has 6 heteroatoms. The molecular weight excluding hydrogens is 184 g/mol. The molecule has 0 saturated heterocycles. The lowest BCUT2D eigenvalue weighted by atomic mass is 10.2. The molecule has 0 aliphatic heterocycles. The summed E-state index contributed by atoms with van der Waals surface area (Å²) in [5, 5.41) is 16.2. The van der Waals surface area contributed by atoms with Gasteiger partial charge in [-0.05, 0) is 6.42 Å². The molecule has 78 valence electrons. The van der Waals surface area contributed by atoms with Gasteiger partial charge in [-0.2, -0.15) is 0 Å². The highest BCUT2D eigenvalue weighted by atomic mass is 16.4. The quantitative estimate of drug-likeness (QED) is 0.674. The molecule has 0 saturated carbocycles. The van der Waals surface area contributed by atoms with Crippen molar-refractivity contribution < 1.29 is 9.90 Å². The predicted molar refractivity (Wildman–Crippen MR) is 49.6 cm³/mol. The molecule has 0 amide bonds. The lowest BCUT2D eigenvalue weighted by Crippen LogP contribution is -2.32. The van der Waals surface area contributed by atoms with Crippen LogP contribution in [0.4, 0.5) is 0 Å². The van der Waals surface area contributed by atoms with Gasteiger partial charge in [-0.15, -0.1) is 5.10 Å². The van der Waals surface area contributed by atoms with E-state index < -0.39 is 12.0 Å². The predicted octanol–water partition coefficient (Wildman–Crippen LogP) is -0.357. The minimum atomic E-state index is -1.02. The number of hydrogen-bond donors (Lipinski definition) is 2. The first-order valence-corrected chi connectivity index (χ1v) is 4.51. The highest BCUT2D eigenvalue weighted by Crippen LogP contribution is 1.98. The fourth-order valence-electron chi connectivity index (χ4n) is 1.08. The summed E-state index contributed by atoms with van der Waals surface area (Å²) in [5.74, 6) is -1.02. The van der Waals surface area contributed by atoms with Crippen LogP contribution in [0.1, 0.15) is 19.0 Å². The fourth-order valence-corrected chi connectivity index (χ4v) is 1.08. The first kappa shape index (κ1) is 10.6. The summed E-state index contributed by atoms with van der Waals surface area (Å²) >= 11 is 0. The van der Waals surface area contributed by atoms with E-state index in [1.54, 1.807) is 10.9 Å². The molecule has 1 aromatic heterocycles. The van der Waals surface area contributed by atoms with Crippen LogP contribution in [0.3, 0.4) is 0 Å². The van der Waals surface area contributed by atoms with Gasteiger partial charge in [0.2, 0.25) is 0 Å². The van der Waals surface area contributed by atoms with Crippen LogP contribution >= 0.6 is 0 Å². The number of carboxylic acids is 1. The summed E-state index contributed by atoms with van der Waals surface area (Å²) in [5.41, 5.74) is 5.97. The number of nitrogens with two attached hydrogens (primary N) is 1. The van der Waals surface area contributed by atoms with Gasteiger partial charge in [0.25, 0.3) is 0 Å². The van der Waals surface area contributed by atoms with Crippen LogP contribution in [0.5, 0.6) is 0 Å². The Hall–Kier alpha value is -1.43. The molecule has 0 aliphatic rings. The molecular formula is C8H14N4O2. The van der Waals surface area contributed by atoms with Gasteiger partial charge in [-0.3, -0.25) is 9.48 Å². The molecule has 0 radical (unpaired) electrons. The number of aromatic nitrogens is 3. The van der Waals surface area contributed by atoms with Crippen molar-refractivity contribution in [3.63, 3.8) is 0 Å². The number of carbonyl (C=O) groups is 1. The number of nitrogens with zero attached hydrogens (tertiary/aromatic N) is 3. The molecule has 6 nitrogen and oxygen atoms in total. The van der Waals surface area contributed by atoms with Gasteiger partial charge in [-0.1, -0.05) is 12.1 Å². The Morgan fingerprint density at radius 1 is 1.79 bits per heavy atom. The molecule has 0 fully saturated rings. The summed E-state index contributed by atoms with van der Waals surface area (Å²) in [7, 11) is 0. The molecule has 1 atom stereocenters. The summed E-state index contributed by atoms with van der Waals surface area (Å²) in [6.07, 6.45) is 2.92. The number of aryl methyl sites for hydroxylation is 1. The molecule has 3 N–H and O–H groups in total. The maximum atomic E-state index is 10.5. The number of aliphatic carboxylic acids is 1. The van der Waals surface area contributed by atoms with Gasteiger partial charge < -0.3 is 10.8 Å². The Kier molecular flexibility index (Phi) is 3.58. The minimum absolute atomic E-state index is 0.221. The van der Waals surface area contributed by atoms with Crippen LogP contribution in [0.15, 0.2) is 6.20 Å². The van der Waals surface area contributed by atoms with E-state index in [9.17, 15) is 4.79 Å². The number of carboxylic acid groups (broad SMARTS) is 1. The Labute approximate surface area is 81.7 Å². The van der Waals surface area contributed by atoms with Crippen molar-refractivity contribution in [2.24, 2.45) is 5.73 Å². The second-order valence-electron chi connectivity index (χ2n) is 3.12. The van der Waals surface area contributed by atoms with E-state index in [-0.39, 0.29) is 6.42 Å². The van der Waals surface area contributed by atoms with Crippen molar-refractivity contribution in [3.8, 4) is 0 Å². The van der Waals surface area contributed by atoms with Crippen LogP contribution in [0, 0.1) is 0 Å². The SMILES string of the molecule is CCCn1cc(CC(N)C(=O)O)nn1. The molecule has 1 rings (SSSR count). The van der Waals surface area contributed by atoms with Gasteiger partial charge in [0.15, 0.2) is 0 Å². The fraction of sp³-hybridized carbons (Fsp3) is 0.625. The monoisotopic (exact) mass is 198 g/mol. The average Bonchev–Trinajstić information content (AvgIpc) is 2.53. The summed E-state index contributed by atoms with van der Waals surface area (Å²) in [4.78, 5) is 10.5. The van der Waals surface area contributed by atoms with Crippen LogP contribution in [-0.2, 0) is 17.8 Å². The minimum Gasteiger partial charge on any atom is -0.480 e. The van der Waals surface area contributed by atoms with Crippen molar-refractivity contribution in [1.82, 2.24) is 15.0 Å². The first-order chi connectivity index (χ1) is 6.63. The van der Waals surface area contributed by atoms with Gasteiger partial charge in [0, 0.05) is 19.2 Å². The normalized spacial score (nSPS) is 12.7. The Bertz CT molecular complexity index is 310. The molecule has 1 heterocycles. The van der Waals surface area contributed by atoms with Crippen molar-refractivity contribution >= 4 is 5.97 Å². The van der Waals surface area contributed by atoms with Crippen molar-refractivity contribution in [2.45, 2.75) is 32.4 Å². The van der Waals surface area contributed by atoms with Gasteiger partial charge in [-0.25, -0.2) is 0 Å². The molecule has 0 aliphatic carbocycles. The smallest absolute Gasteiger partial charge is 0.320 e. The van der Waals surface area contributed by atoms with Crippen LogP contribution in [-0.4, -0.2) is 32.1 Å². The van der Waals surface area contributed by atoms with Crippen molar-refractivity contribution in [2.75, 3.05) is 0 Å². The highest BCUT2D eigenvalue weighted by molar-refractivity contribution is 5.73. The topological polar surface area (TPSA) is 94.0 Å². The Morgan fingerprint density at radius 2 is 2.50 bits per heavy atom. The number of rotatable bonds is 5. The zero-order valence-corrected chi connectivity index (χ0v) is 8.05. The first-order valence-electron chi connectivity index (χ1n) is 4.51. The zero-order valence-electron chi connectivity index (χ0n) is 8.05. The zero-order chi connectivity index (χ0) is 10.6. The second kappa shape index (κ2) is 4.71. The lowest BCUT2D eigenvalue weighted by Gasteiger charge is -2.01. The molecule has 1 aromatic rings. The maximum Gasteiger partial charge on any atom is 0.320 e. The van der Waals surface area contributed by atoms with Gasteiger partial charge in [0.1, 0.15) is 6.04 Å². The highest BCUT2D eigenvalue weighted by Gasteiger charge is 2.13. The van der Waals surface area contributed by atoms with Gasteiger partial charge >= 0.3 is 5.97 Å².